The van der Waals surface area contributed by atoms with E-state index in [1.807, 2.05) is 0 Å². The van der Waals surface area contributed by atoms with Gasteiger partial charge in [0.15, 0.2) is 0 Å². The second-order valence-electron chi connectivity index (χ2n) is 4.09. The third-order valence-electron chi connectivity index (χ3n) is 2.54. The average molecular weight is 340 g/mol. The molecule has 0 fully saturated rings. The van der Waals surface area contributed by atoms with Crippen LogP contribution in [-0.4, -0.2) is 24.6 Å². The number of hydrogen-bond donors (Lipinski definition) is 2. The molecule has 0 spiro atoms. The Labute approximate surface area is 134 Å². The van der Waals surface area contributed by atoms with Gasteiger partial charge < -0.3 is 5.32 Å². The molecule has 0 unspecified atom stereocenters. The molecule has 0 atom stereocenters. The lowest BCUT2D eigenvalue weighted by Gasteiger charge is -2.03. The van der Waals surface area contributed by atoms with Crippen molar-refractivity contribution in [2.24, 2.45) is 5.10 Å². The summed E-state index contributed by atoms with van der Waals surface area (Å²) >= 11 is 7.08. The van der Waals surface area contributed by atoms with Crippen LogP contribution in [0.3, 0.4) is 0 Å². The fourth-order valence-corrected chi connectivity index (χ4v) is 2.35. The maximum Gasteiger partial charge on any atom is 0.261 e. The zero-order valence-electron chi connectivity index (χ0n) is 11.2. The number of carbonyl (C=O) groups excluding carboxylic acids is 2. The highest BCUT2D eigenvalue weighted by atomic mass is 35.5. The Bertz CT molecular complexity index is 684. The quantitative estimate of drug-likeness (QED) is 0.648. The third-order valence-corrected chi connectivity index (χ3v) is 3.74. The first-order chi connectivity index (χ1) is 10.6. The minimum absolute atomic E-state index is 0.0760. The number of nitrogens with one attached hydrogen (secondary N) is 2. The highest BCUT2D eigenvalue weighted by Crippen LogP contribution is 2.16. The number of halogens is 2. The van der Waals surface area contributed by atoms with E-state index in [1.165, 1.54) is 29.5 Å². The molecule has 0 bridgehead atoms. The summed E-state index contributed by atoms with van der Waals surface area (Å²) in [5.74, 6) is -1.42. The molecule has 0 aliphatic carbocycles. The maximum atomic E-state index is 13.4. The Hall–Kier alpha value is -2.25. The van der Waals surface area contributed by atoms with Crippen LogP contribution in [-0.2, 0) is 4.79 Å². The van der Waals surface area contributed by atoms with Gasteiger partial charge in [0.1, 0.15) is 5.82 Å². The van der Waals surface area contributed by atoms with Gasteiger partial charge in [0.25, 0.3) is 11.8 Å². The van der Waals surface area contributed by atoms with Crippen molar-refractivity contribution < 1.29 is 14.0 Å². The first-order valence-corrected chi connectivity index (χ1v) is 7.41. The van der Waals surface area contributed by atoms with Crippen LogP contribution in [0.25, 0.3) is 0 Å². The molecule has 22 heavy (non-hydrogen) atoms. The molecule has 2 N–H and O–H groups in total. The lowest BCUT2D eigenvalue weighted by molar-refractivity contribution is -0.120. The number of rotatable bonds is 5. The van der Waals surface area contributed by atoms with Gasteiger partial charge in [0.2, 0.25) is 0 Å². The fraction of sp³-hybridized carbons (Fsp3) is 0.0714. The van der Waals surface area contributed by atoms with E-state index in [2.05, 4.69) is 15.8 Å². The number of amides is 2. The topological polar surface area (TPSA) is 70.6 Å². The monoisotopic (exact) mass is 339 g/mol. The van der Waals surface area contributed by atoms with Gasteiger partial charge in [-0.2, -0.15) is 5.10 Å². The third kappa shape index (κ3) is 4.37. The van der Waals surface area contributed by atoms with E-state index in [0.29, 0.717) is 4.88 Å². The summed E-state index contributed by atoms with van der Waals surface area (Å²) in [4.78, 5) is 23.6. The molecule has 114 valence electrons. The first-order valence-electron chi connectivity index (χ1n) is 6.15. The standard InChI is InChI=1S/C14H11ClFN3O2S/c15-10-3-1-4-11(16)9(10)7-18-19-13(20)8-17-14(21)12-5-2-6-22-12/h1-7H,8H2,(H,17,21)(H,19,20)/b18-7+. The first kappa shape index (κ1) is 16.1. The molecule has 1 aromatic heterocycles. The zero-order valence-corrected chi connectivity index (χ0v) is 12.7. The molecule has 0 aliphatic rings. The van der Waals surface area contributed by atoms with Crippen molar-refractivity contribution in [1.29, 1.82) is 0 Å². The highest BCUT2D eigenvalue weighted by Gasteiger charge is 2.08. The molecule has 1 aromatic carbocycles. The van der Waals surface area contributed by atoms with Gasteiger partial charge in [-0.15, -0.1) is 11.3 Å². The fourth-order valence-electron chi connectivity index (χ4n) is 1.50. The molecule has 0 aliphatic heterocycles. The molecule has 1 heterocycles. The van der Waals surface area contributed by atoms with Gasteiger partial charge in [-0.3, -0.25) is 9.59 Å². The van der Waals surface area contributed by atoms with Crippen molar-refractivity contribution in [3.8, 4) is 0 Å². The van der Waals surface area contributed by atoms with E-state index >= 15 is 0 Å². The van der Waals surface area contributed by atoms with Crippen LogP contribution in [0, 0.1) is 5.82 Å². The van der Waals surface area contributed by atoms with Crippen molar-refractivity contribution in [1.82, 2.24) is 10.7 Å². The Morgan fingerprint density at radius 3 is 2.82 bits per heavy atom. The SMILES string of the molecule is O=C(CNC(=O)c1cccs1)N/N=C/c1c(F)cccc1Cl. The Kier molecular flexibility index (Phi) is 5.62. The van der Waals surface area contributed by atoms with Crippen molar-refractivity contribution in [2.75, 3.05) is 6.54 Å². The van der Waals surface area contributed by atoms with E-state index in [4.69, 9.17) is 11.6 Å². The Morgan fingerprint density at radius 1 is 1.32 bits per heavy atom. The molecule has 8 heteroatoms. The minimum Gasteiger partial charge on any atom is -0.342 e. The predicted octanol–water partition coefficient (Wildman–Crippen LogP) is 2.42. The molecule has 2 aromatic rings. The van der Waals surface area contributed by atoms with Crippen molar-refractivity contribution in [2.45, 2.75) is 0 Å². The summed E-state index contributed by atoms with van der Waals surface area (Å²) in [6.45, 7) is -0.237. The second-order valence-corrected chi connectivity index (χ2v) is 5.44. The molecule has 5 nitrogen and oxygen atoms in total. The minimum atomic E-state index is -0.545. The normalized spacial score (nSPS) is 10.6. The Morgan fingerprint density at radius 2 is 2.14 bits per heavy atom. The lowest BCUT2D eigenvalue weighted by atomic mass is 10.2. The summed E-state index contributed by atoms with van der Waals surface area (Å²) in [6.07, 6.45) is 1.11. The number of hydrogen-bond acceptors (Lipinski definition) is 4. The smallest absolute Gasteiger partial charge is 0.261 e. The van der Waals surface area contributed by atoms with Gasteiger partial charge in [0.05, 0.1) is 22.7 Å². The molecular weight excluding hydrogens is 329 g/mol. The summed E-state index contributed by atoms with van der Waals surface area (Å²) < 4.78 is 13.4. The van der Waals surface area contributed by atoms with Crippen LogP contribution >= 0.6 is 22.9 Å². The molecule has 0 saturated carbocycles. The summed E-state index contributed by atoms with van der Waals surface area (Å²) in [5.41, 5.74) is 2.26. The average Bonchev–Trinajstić information content (AvgIpc) is 3.02. The number of carbonyl (C=O) groups is 2. The Balaban J connectivity index is 1.83. The van der Waals surface area contributed by atoms with Crippen molar-refractivity contribution in [3.05, 3.63) is 57.0 Å². The maximum absolute atomic E-state index is 13.4. The molecule has 0 radical (unpaired) electrons. The lowest BCUT2D eigenvalue weighted by Crippen LogP contribution is -2.34. The van der Waals surface area contributed by atoms with Crippen molar-refractivity contribution >= 4 is 41.0 Å². The summed E-state index contributed by atoms with van der Waals surface area (Å²) in [6, 6.07) is 7.59. The van der Waals surface area contributed by atoms with E-state index in [0.717, 1.165) is 6.21 Å². The zero-order chi connectivity index (χ0) is 15.9. The van der Waals surface area contributed by atoms with Crippen molar-refractivity contribution in [3.63, 3.8) is 0 Å². The van der Waals surface area contributed by atoms with Gasteiger partial charge in [-0.1, -0.05) is 23.7 Å². The van der Waals surface area contributed by atoms with Crippen LogP contribution in [0.4, 0.5) is 4.39 Å². The largest absolute Gasteiger partial charge is 0.342 e. The van der Waals surface area contributed by atoms with Crippen LogP contribution in [0.5, 0.6) is 0 Å². The van der Waals surface area contributed by atoms with Gasteiger partial charge in [-0.25, -0.2) is 9.82 Å². The van der Waals surface area contributed by atoms with E-state index in [1.54, 1.807) is 17.5 Å². The molecule has 2 amide bonds. The van der Waals surface area contributed by atoms with E-state index in [-0.39, 0.29) is 23.0 Å². The van der Waals surface area contributed by atoms with Gasteiger partial charge >= 0.3 is 0 Å². The summed E-state index contributed by atoms with van der Waals surface area (Å²) in [7, 11) is 0. The summed E-state index contributed by atoms with van der Waals surface area (Å²) in [5, 5.41) is 7.99. The van der Waals surface area contributed by atoms with E-state index in [9.17, 15) is 14.0 Å². The van der Waals surface area contributed by atoms with Crippen LogP contribution in [0.1, 0.15) is 15.2 Å². The molecule has 2 rings (SSSR count). The van der Waals surface area contributed by atoms with Crippen LogP contribution in [0.2, 0.25) is 5.02 Å². The number of thiophene rings is 1. The van der Waals surface area contributed by atoms with Gasteiger partial charge in [-0.05, 0) is 23.6 Å². The number of hydrazone groups is 1. The number of nitrogens with zero attached hydrogens (tertiary/aromatic N) is 1. The van der Waals surface area contributed by atoms with Crippen LogP contribution < -0.4 is 10.7 Å². The number of benzene rings is 1. The van der Waals surface area contributed by atoms with Gasteiger partial charge in [0, 0.05) is 5.56 Å². The molecular formula is C14H11ClFN3O2S. The molecule has 0 saturated heterocycles. The highest BCUT2D eigenvalue weighted by molar-refractivity contribution is 7.12. The predicted molar refractivity (Wildman–Crippen MR) is 83.8 cm³/mol. The van der Waals surface area contributed by atoms with E-state index < -0.39 is 11.7 Å². The van der Waals surface area contributed by atoms with Crippen LogP contribution in [0.15, 0.2) is 40.8 Å². The second kappa shape index (κ2) is 7.67.